The van der Waals surface area contributed by atoms with Crippen molar-refractivity contribution in [3.8, 4) is 0 Å². The van der Waals surface area contributed by atoms with E-state index < -0.39 is 36.5 Å². The number of aromatic nitrogens is 1. The maximum absolute atomic E-state index is 11.6. The molecule has 1 fully saturated rings. The second kappa shape index (κ2) is 7.53. The van der Waals surface area contributed by atoms with Crippen molar-refractivity contribution >= 4 is 17.7 Å². The lowest BCUT2D eigenvalue weighted by atomic mass is 10.1. The predicted molar refractivity (Wildman–Crippen MR) is 82.0 cm³/mol. The first-order valence-electron chi connectivity index (χ1n) is 7.85. The van der Waals surface area contributed by atoms with Crippen molar-refractivity contribution in [2.24, 2.45) is 0 Å². The van der Waals surface area contributed by atoms with Crippen LogP contribution in [0.4, 0.5) is 0 Å². The van der Waals surface area contributed by atoms with Crippen LogP contribution >= 0.6 is 0 Å². The molecule has 2 rings (SSSR count). The Labute approximate surface area is 140 Å². The Balaban J connectivity index is 2.38. The van der Waals surface area contributed by atoms with Crippen LogP contribution in [0.3, 0.4) is 0 Å². The lowest BCUT2D eigenvalue weighted by Gasteiger charge is -2.21. The highest BCUT2D eigenvalue weighted by Gasteiger charge is 2.53. The summed E-state index contributed by atoms with van der Waals surface area (Å²) in [6, 6.07) is 3.40. The zero-order valence-electron chi connectivity index (χ0n) is 14.2. The topological polar surface area (TPSA) is 82.8 Å². The monoisotopic (exact) mass is 336 g/mol. The van der Waals surface area contributed by atoms with Gasteiger partial charge in [-0.05, 0) is 19.4 Å². The second-order valence-electron chi connectivity index (χ2n) is 5.72. The molecule has 2 heterocycles. The summed E-state index contributed by atoms with van der Waals surface area (Å²) in [6.45, 7) is 5.95. The van der Waals surface area contributed by atoms with Crippen molar-refractivity contribution in [1.29, 1.82) is 0 Å². The fourth-order valence-electron chi connectivity index (χ4n) is 2.79. The van der Waals surface area contributed by atoms with Crippen LogP contribution in [0.5, 0.6) is 0 Å². The van der Waals surface area contributed by atoms with Crippen LogP contribution in [0.1, 0.15) is 50.7 Å². The summed E-state index contributed by atoms with van der Waals surface area (Å²) in [6.07, 6.45) is 1.36. The van der Waals surface area contributed by atoms with Crippen LogP contribution in [-0.2, 0) is 23.8 Å². The van der Waals surface area contributed by atoms with Gasteiger partial charge in [-0.2, -0.15) is 4.57 Å². The van der Waals surface area contributed by atoms with Crippen LogP contribution in [0.25, 0.3) is 0 Å². The molecule has 0 saturated carbocycles. The van der Waals surface area contributed by atoms with Gasteiger partial charge >= 0.3 is 18.2 Å². The van der Waals surface area contributed by atoms with Gasteiger partial charge in [0.15, 0.2) is 24.3 Å². The number of Topliss-reactive ketones (excluding diaryl/α,β-unsaturated/α-hetero) is 1. The van der Waals surface area contributed by atoms with Crippen molar-refractivity contribution < 1.29 is 33.2 Å². The number of rotatable bonds is 5. The largest absolute Gasteiger partial charge is 0.455 e. The molecule has 0 spiro atoms. The molecule has 1 aromatic rings. The Kier molecular flexibility index (Phi) is 5.66. The first kappa shape index (κ1) is 18.1. The van der Waals surface area contributed by atoms with Gasteiger partial charge in [0.05, 0.1) is 5.56 Å². The lowest BCUT2D eigenvalue weighted by molar-refractivity contribution is -0.765. The van der Waals surface area contributed by atoms with Crippen LogP contribution in [0, 0.1) is 0 Å². The smallest absolute Gasteiger partial charge is 0.304 e. The van der Waals surface area contributed by atoms with E-state index >= 15 is 0 Å². The van der Waals surface area contributed by atoms with Gasteiger partial charge in [-0.3, -0.25) is 14.4 Å². The molecule has 0 radical (unpaired) electrons. The average Bonchev–Trinajstić information content (AvgIpc) is 2.84. The summed E-state index contributed by atoms with van der Waals surface area (Å²) < 4.78 is 18.3. The van der Waals surface area contributed by atoms with Crippen LogP contribution in [-0.4, -0.2) is 36.0 Å². The molecule has 1 aliphatic heterocycles. The molecular weight excluding hydrogens is 314 g/mol. The molecule has 1 saturated heterocycles. The number of esters is 2. The average molecular weight is 336 g/mol. The molecule has 7 heteroatoms. The van der Waals surface area contributed by atoms with Gasteiger partial charge in [-0.1, -0.05) is 6.92 Å². The summed E-state index contributed by atoms with van der Waals surface area (Å²) in [5.41, 5.74) is 0.506. The van der Waals surface area contributed by atoms with Crippen LogP contribution in [0.2, 0.25) is 0 Å². The molecule has 130 valence electrons. The Morgan fingerprint density at radius 1 is 1.12 bits per heavy atom. The van der Waals surface area contributed by atoms with Gasteiger partial charge in [0, 0.05) is 19.9 Å². The normalized spacial score (nSPS) is 26.0. The van der Waals surface area contributed by atoms with E-state index in [0.717, 1.165) is 0 Å². The zero-order chi connectivity index (χ0) is 17.9. The number of nitrogens with zero attached hydrogens (tertiary/aromatic N) is 1. The molecule has 24 heavy (non-hydrogen) atoms. The maximum atomic E-state index is 11.6. The van der Waals surface area contributed by atoms with Gasteiger partial charge in [-0.15, -0.1) is 0 Å². The standard InChI is InChI=1S/C17H22NO6/c1-5-14-15(22-11(3)20)16(23-12(4)21)17(24-14)18-8-6-7-13(9-18)10(2)19/h6-9,14-17H,5H2,1-4H3/q+1/t14-,15?,16+,17-/m1/s1. The molecule has 0 aromatic carbocycles. The molecule has 0 aliphatic carbocycles. The van der Waals surface area contributed by atoms with Crippen LogP contribution < -0.4 is 4.57 Å². The summed E-state index contributed by atoms with van der Waals surface area (Å²) >= 11 is 0. The first-order valence-corrected chi connectivity index (χ1v) is 7.85. The number of carbonyl (C=O) groups excluding carboxylic acids is 3. The lowest BCUT2D eigenvalue weighted by Crippen LogP contribution is -2.48. The predicted octanol–water partition coefficient (Wildman–Crippen LogP) is 1.35. The number of hydrogen-bond acceptors (Lipinski definition) is 6. The van der Waals surface area contributed by atoms with Gasteiger partial charge in [0.1, 0.15) is 6.10 Å². The van der Waals surface area contributed by atoms with E-state index in [1.165, 1.54) is 20.8 Å². The SMILES string of the molecule is CC[C@H]1O[C@@H]([n+]2cccc(C(C)=O)c2)[C@@H](OC(C)=O)C1OC(C)=O. The van der Waals surface area contributed by atoms with E-state index in [-0.39, 0.29) is 5.78 Å². The molecule has 0 amide bonds. The minimum Gasteiger partial charge on any atom is -0.455 e. The molecule has 1 aliphatic rings. The van der Waals surface area contributed by atoms with Crippen molar-refractivity contribution in [2.75, 3.05) is 0 Å². The van der Waals surface area contributed by atoms with E-state index in [1.807, 2.05) is 6.92 Å². The number of hydrogen-bond donors (Lipinski definition) is 0. The van der Waals surface area contributed by atoms with Crippen molar-refractivity contribution in [3.05, 3.63) is 30.1 Å². The number of ketones is 1. The molecule has 0 bridgehead atoms. The highest BCUT2D eigenvalue weighted by atomic mass is 16.6. The third kappa shape index (κ3) is 3.97. The van der Waals surface area contributed by atoms with Gasteiger partial charge in [-0.25, -0.2) is 0 Å². The minimum absolute atomic E-state index is 0.0880. The molecule has 7 nitrogen and oxygen atoms in total. The number of carbonyl (C=O) groups is 3. The first-order chi connectivity index (χ1) is 11.3. The highest BCUT2D eigenvalue weighted by Crippen LogP contribution is 2.32. The van der Waals surface area contributed by atoms with E-state index in [1.54, 1.807) is 29.1 Å². The minimum atomic E-state index is -0.788. The Bertz CT molecular complexity index is 644. The van der Waals surface area contributed by atoms with Crippen LogP contribution in [0.15, 0.2) is 24.5 Å². The van der Waals surface area contributed by atoms with E-state index in [4.69, 9.17) is 14.2 Å². The Morgan fingerprint density at radius 3 is 2.29 bits per heavy atom. The van der Waals surface area contributed by atoms with Crippen molar-refractivity contribution in [3.63, 3.8) is 0 Å². The van der Waals surface area contributed by atoms with Crippen molar-refractivity contribution in [1.82, 2.24) is 0 Å². The van der Waals surface area contributed by atoms with E-state index in [9.17, 15) is 14.4 Å². The second-order valence-corrected chi connectivity index (χ2v) is 5.72. The quantitative estimate of drug-likeness (QED) is 0.458. The van der Waals surface area contributed by atoms with E-state index in [0.29, 0.717) is 12.0 Å². The maximum Gasteiger partial charge on any atom is 0.304 e. The third-order valence-corrected chi connectivity index (χ3v) is 3.81. The van der Waals surface area contributed by atoms with Gasteiger partial charge in [0.2, 0.25) is 6.10 Å². The molecule has 0 N–H and O–H groups in total. The molecule has 1 unspecified atom stereocenters. The highest BCUT2D eigenvalue weighted by molar-refractivity contribution is 5.93. The molecular formula is C17H22NO6+. The Hall–Kier alpha value is -2.28. The Morgan fingerprint density at radius 2 is 1.75 bits per heavy atom. The molecule has 4 atom stereocenters. The molecule has 1 aromatic heterocycles. The van der Waals surface area contributed by atoms with Gasteiger partial charge < -0.3 is 14.2 Å². The van der Waals surface area contributed by atoms with Gasteiger partial charge in [0.25, 0.3) is 0 Å². The fraction of sp³-hybridized carbons (Fsp3) is 0.529. The third-order valence-electron chi connectivity index (χ3n) is 3.81. The van der Waals surface area contributed by atoms with Crippen molar-refractivity contribution in [2.45, 2.75) is 58.7 Å². The summed E-state index contributed by atoms with van der Waals surface area (Å²) in [7, 11) is 0. The fourth-order valence-corrected chi connectivity index (χ4v) is 2.79. The number of pyridine rings is 1. The summed E-state index contributed by atoms with van der Waals surface area (Å²) in [5.74, 6) is -1.05. The zero-order valence-corrected chi connectivity index (χ0v) is 14.2. The van der Waals surface area contributed by atoms with E-state index in [2.05, 4.69) is 0 Å². The summed E-state index contributed by atoms with van der Waals surface area (Å²) in [4.78, 5) is 34.5. The summed E-state index contributed by atoms with van der Waals surface area (Å²) in [5, 5.41) is 0. The number of ether oxygens (including phenoxy) is 3.